The second-order valence-electron chi connectivity index (χ2n) is 8.09. The maximum atomic E-state index is 12.9. The smallest absolute Gasteiger partial charge is 0.253 e. The number of hydrogen-bond acceptors (Lipinski definition) is 3. The van der Waals surface area contributed by atoms with Crippen molar-refractivity contribution in [1.82, 2.24) is 15.1 Å². The number of likely N-dealkylation sites (N-methyl/N-ethyl adjacent to an activating group) is 1. The summed E-state index contributed by atoms with van der Waals surface area (Å²) in [6.45, 7) is 1.59. The fourth-order valence-corrected chi connectivity index (χ4v) is 4.07. The van der Waals surface area contributed by atoms with E-state index in [1.807, 2.05) is 53.4 Å². The van der Waals surface area contributed by atoms with Crippen LogP contribution in [0, 0.1) is 0 Å². The standard InChI is InChI=1S/C25H27N3O2/c1-26-24(29)21-6-4-5-17(14-21)18-7-8-20-15-22(10-9-19(20)13-18)25(30)28-12-11-23(16-28)27(2)3/h4-10,13-15,23H,11-12,16H2,1-3H3,(H,26,29). The van der Waals surface area contributed by atoms with Gasteiger partial charge in [0.25, 0.3) is 11.8 Å². The van der Waals surface area contributed by atoms with Gasteiger partial charge >= 0.3 is 0 Å². The molecule has 3 aromatic carbocycles. The molecule has 1 aliphatic heterocycles. The number of nitrogens with zero attached hydrogens (tertiary/aromatic N) is 2. The molecule has 2 amide bonds. The summed E-state index contributed by atoms with van der Waals surface area (Å²) >= 11 is 0. The Bertz CT molecular complexity index is 1110. The maximum absolute atomic E-state index is 12.9. The van der Waals surface area contributed by atoms with E-state index in [1.165, 1.54) is 0 Å². The Morgan fingerprint density at radius 3 is 2.40 bits per heavy atom. The number of carbonyl (C=O) groups is 2. The molecule has 30 heavy (non-hydrogen) atoms. The second-order valence-corrected chi connectivity index (χ2v) is 8.09. The highest BCUT2D eigenvalue weighted by Gasteiger charge is 2.28. The molecule has 0 aliphatic carbocycles. The van der Waals surface area contributed by atoms with Gasteiger partial charge < -0.3 is 15.1 Å². The van der Waals surface area contributed by atoms with Crippen LogP contribution >= 0.6 is 0 Å². The zero-order chi connectivity index (χ0) is 21.3. The fourth-order valence-electron chi connectivity index (χ4n) is 4.07. The van der Waals surface area contributed by atoms with Crippen molar-refractivity contribution in [1.29, 1.82) is 0 Å². The van der Waals surface area contributed by atoms with Crippen LogP contribution in [0.2, 0.25) is 0 Å². The molecule has 0 aromatic heterocycles. The molecule has 0 radical (unpaired) electrons. The van der Waals surface area contributed by atoms with Crippen LogP contribution in [0.3, 0.4) is 0 Å². The molecule has 0 spiro atoms. The Morgan fingerprint density at radius 2 is 1.67 bits per heavy atom. The first kappa shape index (κ1) is 20.1. The molecular formula is C25H27N3O2. The molecule has 5 heteroatoms. The first-order valence-electron chi connectivity index (χ1n) is 10.3. The lowest BCUT2D eigenvalue weighted by molar-refractivity contribution is 0.0783. The van der Waals surface area contributed by atoms with Gasteiger partial charge in [0.2, 0.25) is 0 Å². The Labute approximate surface area is 177 Å². The van der Waals surface area contributed by atoms with Gasteiger partial charge in [-0.15, -0.1) is 0 Å². The normalized spacial score (nSPS) is 16.3. The molecule has 0 bridgehead atoms. The molecular weight excluding hydrogens is 374 g/mol. The maximum Gasteiger partial charge on any atom is 0.253 e. The highest BCUT2D eigenvalue weighted by Crippen LogP contribution is 2.27. The van der Waals surface area contributed by atoms with Crippen molar-refractivity contribution in [3.05, 3.63) is 71.8 Å². The first-order valence-corrected chi connectivity index (χ1v) is 10.3. The molecule has 1 aliphatic rings. The molecule has 1 fully saturated rings. The van der Waals surface area contributed by atoms with Crippen molar-refractivity contribution >= 4 is 22.6 Å². The third-order valence-corrected chi connectivity index (χ3v) is 5.95. The summed E-state index contributed by atoms with van der Waals surface area (Å²) < 4.78 is 0. The lowest BCUT2D eigenvalue weighted by Gasteiger charge is -2.20. The molecule has 1 heterocycles. The van der Waals surface area contributed by atoms with Crippen LogP contribution in [0.1, 0.15) is 27.1 Å². The molecule has 1 unspecified atom stereocenters. The van der Waals surface area contributed by atoms with Crippen molar-refractivity contribution in [3.8, 4) is 11.1 Å². The summed E-state index contributed by atoms with van der Waals surface area (Å²) in [5, 5.41) is 4.77. The second kappa shape index (κ2) is 8.28. The minimum absolute atomic E-state index is 0.0980. The predicted molar refractivity (Wildman–Crippen MR) is 121 cm³/mol. The Morgan fingerprint density at radius 1 is 0.933 bits per heavy atom. The summed E-state index contributed by atoms with van der Waals surface area (Å²) in [5.41, 5.74) is 3.40. The van der Waals surface area contributed by atoms with Crippen LogP contribution in [0.4, 0.5) is 0 Å². The van der Waals surface area contributed by atoms with Gasteiger partial charge in [0, 0.05) is 37.3 Å². The molecule has 1 N–H and O–H groups in total. The average molecular weight is 402 g/mol. The van der Waals surface area contributed by atoms with Crippen LogP contribution in [0.25, 0.3) is 21.9 Å². The quantitative estimate of drug-likeness (QED) is 0.726. The number of likely N-dealkylation sites (tertiary alicyclic amines) is 1. The van der Waals surface area contributed by atoms with E-state index in [1.54, 1.807) is 13.1 Å². The minimum Gasteiger partial charge on any atom is -0.355 e. The molecule has 0 saturated carbocycles. The lowest BCUT2D eigenvalue weighted by atomic mass is 9.98. The van der Waals surface area contributed by atoms with Gasteiger partial charge in [0.15, 0.2) is 0 Å². The third kappa shape index (κ3) is 3.94. The zero-order valence-electron chi connectivity index (χ0n) is 17.7. The zero-order valence-corrected chi connectivity index (χ0v) is 17.7. The van der Waals surface area contributed by atoms with E-state index >= 15 is 0 Å². The number of rotatable bonds is 4. The Kier molecular flexibility index (Phi) is 5.55. The van der Waals surface area contributed by atoms with Gasteiger partial charge in [0.05, 0.1) is 0 Å². The van der Waals surface area contributed by atoms with Crippen LogP contribution in [-0.2, 0) is 0 Å². The van der Waals surface area contributed by atoms with Crippen LogP contribution in [-0.4, -0.2) is 61.9 Å². The monoisotopic (exact) mass is 401 g/mol. The predicted octanol–water partition coefficient (Wildman–Crippen LogP) is 3.64. The van der Waals surface area contributed by atoms with Gasteiger partial charge in [-0.3, -0.25) is 9.59 Å². The number of benzene rings is 3. The number of nitrogens with one attached hydrogen (secondary N) is 1. The fraction of sp³-hybridized carbons (Fsp3) is 0.280. The van der Waals surface area contributed by atoms with E-state index in [2.05, 4.69) is 30.4 Å². The number of carbonyl (C=O) groups excluding carboxylic acids is 2. The molecule has 1 saturated heterocycles. The van der Waals surface area contributed by atoms with Gasteiger partial charge in [-0.05, 0) is 72.7 Å². The van der Waals surface area contributed by atoms with E-state index in [-0.39, 0.29) is 11.8 Å². The highest BCUT2D eigenvalue weighted by molar-refractivity contribution is 6.00. The summed E-state index contributed by atoms with van der Waals surface area (Å²) in [6.07, 6.45) is 1.02. The Hall–Kier alpha value is -3.18. The SMILES string of the molecule is CNC(=O)c1cccc(-c2ccc3cc(C(=O)N4CCC(N(C)C)C4)ccc3c2)c1. The number of fused-ring (bicyclic) bond motifs is 1. The van der Waals surface area contributed by atoms with Crippen LogP contribution in [0.15, 0.2) is 60.7 Å². The van der Waals surface area contributed by atoms with E-state index in [0.29, 0.717) is 11.6 Å². The molecule has 1 atom stereocenters. The van der Waals surface area contributed by atoms with Crippen LogP contribution < -0.4 is 5.32 Å². The summed E-state index contributed by atoms with van der Waals surface area (Å²) in [6, 6.07) is 20.1. The highest BCUT2D eigenvalue weighted by atomic mass is 16.2. The van der Waals surface area contributed by atoms with Crippen molar-refractivity contribution < 1.29 is 9.59 Å². The van der Waals surface area contributed by atoms with Gasteiger partial charge in [-0.1, -0.05) is 30.3 Å². The van der Waals surface area contributed by atoms with Gasteiger partial charge in [-0.25, -0.2) is 0 Å². The van der Waals surface area contributed by atoms with E-state index in [4.69, 9.17) is 0 Å². The van der Waals surface area contributed by atoms with Crippen molar-refractivity contribution in [3.63, 3.8) is 0 Å². The van der Waals surface area contributed by atoms with Crippen LogP contribution in [0.5, 0.6) is 0 Å². The number of amides is 2. The van der Waals surface area contributed by atoms with Gasteiger partial charge in [-0.2, -0.15) is 0 Å². The summed E-state index contributed by atoms with van der Waals surface area (Å²) in [5.74, 6) is 0.00261. The van der Waals surface area contributed by atoms with Gasteiger partial charge in [0.1, 0.15) is 0 Å². The molecule has 154 valence electrons. The minimum atomic E-state index is -0.0980. The molecule has 5 nitrogen and oxygen atoms in total. The molecule has 3 aromatic rings. The van der Waals surface area contributed by atoms with Crippen molar-refractivity contribution in [2.45, 2.75) is 12.5 Å². The summed E-state index contributed by atoms with van der Waals surface area (Å²) in [7, 11) is 5.76. The van der Waals surface area contributed by atoms with Crippen molar-refractivity contribution in [2.75, 3.05) is 34.2 Å². The third-order valence-electron chi connectivity index (χ3n) is 5.95. The Balaban J connectivity index is 1.59. The summed E-state index contributed by atoms with van der Waals surface area (Å²) in [4.78, 5) is 29.0. The lowest BCUT2D eigenvalue weighted by Crippen LogP contribution is -2.34. The topological polar surface area (TPSA) is 52.7 Å². The molecule has 4 rings (SSSR count). The number of hydrogen-bond donors (Lipinski definition) is 1. The van der Waals surface area contributed by atoms with E-state index in [0.717, 1.165) is 47.0 Å². The van der Waals surface area contributed by atoms with E-state index in [9.17, 15) is 9.59 Å². The first-order chi connectivity index (χ1) is 14.5. The van der Waals surface area contributed by atoms with E-state index < -0.39 is 0 Å². The van der Waals surface area contributed by atoms with Crippen molar-refractivity contribution in [2.24, 2.45) is 0 Å². The average Bonchev–Trinajstić information content (AvgIpc) is 3.28. The largest absolute Gasteiger partial charge is 0.355 e.